The van der Waals surface area contributed by atoms with E-state index in [9.17, 15) is 0 Å². The summed E-state index contributed by atoms with van der Waals surface area (Å²) >= 11 is 1.77. The van der Waals surface area contributed by atoms with Gasteiger partial charge in [0.1, 0.15) is 12.1 Å². The van der Waals surface area contributed by atoms with Crippen molar-refractivity contribution in [3.05, 3.63) is 40.0 Å². The fourth-order valence-electron chi connectivity index (χ4n) is 3.40. The highest BCUT2D eigenvalue weighted by Crippen LogP contribution is 2.25. The minimum absolute atomic E-state index is 0.795. The van der Waals surface area contributed by atoms with Crippen LogP contribution in [-0.2, 0) is 24.1 Å². The lowest BCUT2D eigenvalue weighted by atomic mass is 10.1. The number of fused-ring (bicyclic) bond motifs is 1. The predicted molar refractivity (Wildman–Crippen MR) is 92.1 cm³/mol. The standard InChI is InChI=1S/C17H22N4OS/c1-4-20(11-14-3-10-23-12-14)5-2-16-15(1)17(19-13-18-16)21-6-8-22-9-7-21/h3,10,12-13H,1-2,4-9,11H2. The van der Waals surface area contributed by atoms with Crippen LogP contribution in [0.15, 0.2) is 23.2 Å². The summed E-state index contributed by atoms with van der Waals surface area (Å²) in [7, 11) is 0. The molecule has 6 heteroatoms. The molecule has 23 heavy (non-hydrogen) atoms. The first kappa shape index (κ1) is 15.1. The van der Waals surface area contributed by atoms with Crippen molar-refractivity contribution in [1.29, 1.82) is 0 Å². The Balaban J connectivity index is 1.51. The smallest absolute Gasteiger partial charge is 0.135 e. The lowest BCUT2D eigenvalue weighted by molar-refractivity contribution is 0.122. The molecule has 0 aromatic carbocycles. The van der Waals surface area contributed by atoms with Crippen LogP contribution in [0.3, 0.4) is 0 Å². The highest BCUT2D eigenvalue weighted by molar-refractivity contribution is 7.07. The first-order chi connectivity index (χ1) is 11.4. The molecule has 2 aliphatic rings. The van der Waals surface area contributed by atoms with Gasteiger partial charge in [-0.05, 0) is 28.8 Å². The number of thiophene rings is 1. The molecule has 1 saturated heterocycles. The maximum absolute atomic E-state index is 5.47. The molecule has 0 radical (unpaired) electrons. The lowest BCUT2D eigenvalue weighted by Crippen LogP contribution is -2.37. The zero-order valence-corrected chi connectivity index (χ0v) is 14.1. The molecule has 0 amide bonds. The molecule has 4 rings (SSSR count). The van der Waals surface area contributed by atoms with Crippen molar-refractivity contribution in [3.63, 3.8) is 0 Å². The Kier molecular flexibility index (Phi) is 4.55. The summed E-state index contributed by atoms with van der Waals surface area (Å²) in [4.78, 5) is 14.1. The van der Waals surface area contributed by atoms with Gasteiger partial charge < -0.3 is 9.64 Å². The first-order valence-electron chi connectivity index (χ1n) is 8.29. The Hall–Kier alpha value is -1.50. The van der Waals surface area contributed by atoms with Crippen LogP contribution in [0.4, 0.5) is 5.82 Å². The number of morpholine rings is 1. The number of ether oxygens (including phenoxy) is 1. The van der Waals surface area contributed by atoms with E-state index in [4.69, 9.17) is 4.74 Å². The van der Waals surface area contributed by atoms with Gasteiger partial charge in [-0.1, -0.05) is 0 Å². The monoisotopic (exact) mass is 330 g/mol. The van der Waals surface area contributed by atoms with Crippen molar-refractivity contribution >= 4 is 17.2 Å². The summed E-state index contributed by atoms with van der Waals surface area (Å²) in [5.41, 5.74) is 4.00. The van der Waals surface area contributed by atoms with Crippen LogP contribution < -0.4 is 4.90 Å². The van der Waals surface area contributed by atoms with Gasteiger partial charge in [0.25, 0.3) is 0 Å². The minimum Gasteiger partial charge on any atom is -0.378 e. The fourth-order valence-corrected chi connectivity index (χ4v) is 4.06. The molecule has 2 aromatic heterocycles. The second-order valence-electron chi connectivity index (χ2n) is 6.13. The second-order valence-corrected chi connectivity index (χ2v) is 6.91. The number of rotatable bonds is 3. The summed E-state index contributed by atoms with van der Waals surface area (Å²) in [6.45, 7) is 6.64. The van der Waals surface area contributed by atoms with Crippen LogP contribution in [-0.4, -0.2) is 54.3 Å². The van der Waals surface area contributed by atoms with Crippen LogP contribution in [0.2, 0.25) is 0 Å². The van der Waals surface area contributed by atoms with Gasteiger partial charge in [-0.2, -0.15) is 11.3 Å². The molecule has 0 bridgehead atoms. The molecule has 0 aliphatic carbocycles. The maximum Gasteiger partial charge on any atom is 0.135 e. The van der Waals surface area contributed by atoms with E-state index in [0.717, 1.165) is 64.6 Å². The summed E-state index contributed by atoms with van der Waals surface area (Å²) in [6, 6.07) is 2.22. The van der Waals surface area contributed by atoms with E-state index < -0.39 is 0 Å². The summed E-state index contributed by atoms with van der Waals surface area (Å²) in [5.74, 6) is 1.13. The van der Waals surface area contributed by atoms with Gasteiger partial charge in [-0.3, -0.25) is 4.90 Å². The third kappa shape index (κ3) is 3.39. The molecule has 2 aliphatic heterocycles. The Morgan fingerprint density at radius 3 is 2.78 bits per heavy atom. The number of anilines is 1. The van der Waals surface area contributed by atoms with E-state index in [1.54, 1.807) is 17.7 Å². The second kappa shape index (κ2) is 6.95. The molecule has 0 unspecified atom stereocenters. The molecule has 0 saturated carbocycles. The average Bonchev–Trinajstić information content (AvgIpc) is 3.02. The van der Waals surface area contributed by atoms with E-state index in [0.29, 0.717) is 0 Å². The van der Waals surface area contributed by atoms with Crippen molar-refractivity contribution in [2.75, 3.05) is 44.3 Å². The van der Waals surface area contributed by atoms with E-state index >= 15 is 0 Å². The lowest BCUT2D eigenvalue weighted by Gasteiger charge is -2.29. The first-order valence-corrected chi connectivity index (χ1v) is 9.23. The number of hydrogen-bond donors (Lipinski definition) is 0. The van der Waals surface area contributed by atoms with Gasteiger partial charge in [0.15, 0.2) is 0 Å². The van der Waals surface area contributed by atoms with Crippen molar-refractivity contribution in [3.8, 4) is 0 Å². The molecule has 0 atom stereocenters. The Bertz CT molecular complexity index is 640. The van der Waals surface area contributed by atoms with Gasteiger partial charge in [0.05, 0.1) is 18.9 Å². The normalized spacial score (nSPS) is 19.4. The van der Waals surface area contributed by atoms with Crippen molar-refractivity contribution in [1.82, 2.24) is 14.9 Å². The molecular formula is C17H22N4OS. The third-order valence-corrected chi connectivity index (χ3v) is 5.38. The predicted octanol–water partition coefficient (Wildman–Crippen LogP) is 1.98. The molecule has 4 heterocycles. The van der Waals surface area contributed by atoms with Gasteiger partial charge in [0.2, 0.25) is 0 Å². The summed E-state index contributed by atoms with van der Waals surface area (Å²) in [6.07, 6.45) is 3.78. The van der Waals surface area contributed by atoms with Crippen LogP contribution in [0.1, 0.15) is 16.8 Å². The number of hydrogen-bond acceptors (Lipinski definition) is 6. The van der Waals surface area contributed by atoms with E-state index in [1.165, 1.54) is 16.8 Å². The molecule has 122 valence electrons. The SMILES string of the molecule is c1nc2c(c(N3CCOCC3)n1)CCN(Cc1ccsc1)CC2. The van der Waals surface area contributed by atoms with E-state index in [-0.39, 0.29) is 0 Å². The molecule has 0 spiro atoms. The van der Waals surface area contributed by atoms with Gasteiger partial charge >= 0.3 is 0 Å². The van der Waals surface area contributed by atoms with Gasteiger partial charge in [0, 0.05) is 44.7 Å². The summed E-state index contributed by atoms with van der Waals surface area (Å²) in [5, 5.41) is 4.40. The van der Waals surface area contributed by atoms with Crippen molar-refractivity contribution in [2.45, 2.75) is 19.4 Å². The van der Waals surface area contributed by atoms with Crippen LogP contribution in [0.25, 0.3) is 0 Å². The average molecular weight is 330 g/mol. The molecule has 5 nitrogen and oxygen atoms in total. The largest absolute Gasteiger partial charge is 0.378 e. The maximum atomic E-state index is 5.47. The fraction of sp³-hybridized carbons (Fsp3) is 0.529. The number of nitrogens with zero attached hydrogens (tertiary/aromatic N) is 4. The topological polar surface area (TPSA) is 41.5 Å². The zero-order valence-electron chi connectivity index (χ0n) is 13.3. The van der Waals surface area contributed by atoms with Crippen LogP contribution in [0.5, 0.6) is 0 Å². The molecular weight excluding hydrogens is 308 g/mol. The minimum atomic E-state index is 0.795. The van der Waals surface area contributed by atoms with Gasteiger partial charge in [-0.25, -0.2) is 9.97 Å². The Morgan fingerprint density at radius 1 is 1.09 bits per heavy atom. The number of aromatic nitrogens is 2. The van der Waals surface area contributed by atoms with Gasteiger partial charge in [-0.15, -0.1) is 0 Å². The van der Waals surface area contributed by atoms with Crippen LogP contribution >= 0.6 is 11.3 Å². The summed E-state index contributed by atoms with van der Waals surface area (Å²) < 4.78 is 5.47. The van der Waals surface area contributed by atoms with Crippen LogP contribution in [0, 0.1) is 0 Å². The third-order valence-electron chi connectivity index (χ3n) is 4.65. The Labute approximate surface area is 140 Å². The van der Waals surface area contributed by atoms with E-state index in [2.05, 4.69) is 36.6 Å². The zero-order chi connectivity index (χ0) is 15.5. The molecule has 1 fully saturated rings. The van der Waals surface area contributed by atoms with E-state index in [1.807, 2.05) is 0 Å². The van der Waals surface area contributed by atoms with Crippen molar-refractivity contribution < 1.29 is 4.74 Å². The highest BCUT2D eigenvalue weighted by Gasteiger charge is 2.22. The van der Waals surface area contributed by atoms with Crippen molar-refractivity contribution in [2.24, 2.45) is 0 Å². The Morgan fingerprint density at radius 2 is 1.96 bits per heavy atom. The highest BCUT2D eigenvalue weighted by atomic mass is 32.1. The molecule has 0 N–H and O–H groups in total. The molecule has 2 aromatic rings. The quantitative estimate of drug-likeness (QED) is 0.861.